The van der Waals surface area contributed by atoms with Crippen LogP contribution in [0.1, 0.15) is 6.92 Å². The summed E-state index contributed by atoms with van der Waals surface area (Å²) in [7, 11) is -3.72. The van der Waals surface area contributed by atoms with Gasteiger partial charge in [-0.2, -0.15) is 0 Å². The van der Waals surface area contributed by atoms with Crippen LogP contribution in [0.15, 0.2) is 65.8 Å². The molecule has 0 unspecified atom stereocenters. The number of aromatic nitrogens is 1. The summed E-state index contributed by atoms with van der Waals surface area (Å²) in [6, 6.07) is 13.8. The highest BCUT2D eigenvalue weighted by Gasteiger charge is 2.17. The van der Waals surface area contributed by atoms with Crippen LogP contribution in [0.25, 0.3) is 10.8 Å². The zero-order chi connectivity index (χ0) is 16.3. The molecule has 3 rings (SSSR count). The van der Waals surface area contributed by atoms with Crippen molar-refractivity contribution in [1.29, 1.82) is 0 Å². The Labute approximate surface area is 135 Å². The van der Waals surface area contributed by atoms with E-state index >= 15 is 0 Å². The van der Waals surface area contributed by atoms with Crippen molar-refractivity contribution >= 4 is 26.5 Å². The molecule has 1 heterocycles. The molecular weight excluding hydrogens is 312 g/mol. The molecule has 5 nitrogen and oxygen atoms in total. The predicted molar refractivity (Wildman–Crippen MR) is 90.2 cm³/mol. The fraction of sp³-hybridized carbons (Fsp3) is 0.118. The highest BCUT2D eigenvalue weighted by molar-refractivity contribution is 7.93. The van der Waals surface area contributed by atoms with Gasteiger partial charge in [-0.3, -0.25) is 9.71 Å². The summed E-state index contributed by atoms with van der Waals surface area (Å²) in [6.07, 6.45) is 3.19. The Balaban J connectivity index is 2.00. The first-order valence-corrected chi connectivity index (χ1v) is 8.67. The minimum atomic E-state index is -3.72. The minimum absolute atomic E-state index is 0.199. The van der Waals surface area contributed by atoms with Gasteiger partial charge < -0.3 is 4.74 Å². The molecule has 1 aromatic heterocycles. The molecule has 0 radical (unpaired) electrons. The van der Waals surface area contributed by atoms with E-state index in [4.69, 9.17) is 4.74 Å². The first kappa shape index (κ1) is 15.3. The molecule has 23 heavy (non-hydrogen) atoms. The number of sulfonamides is 1. The van der Waals surface area contributed by atoms with Crippen molar-refractivity contribution in [2.24, 2.45) is 0 Å². The molecule has 0 spiro atoms. The molecule has 3 aromatic rings. The molecule has 0 aliphatic carbocycles. The zero-order valence-corrected chi connectivity index (χ0v) is 13.4. The van der Waals surface area contributed by atoms with Crippen LogP contribution in [0.5, 0.6) is 5.75 Å². The highest BCUT2D eigenvalue weighted by Crippen LogP contribution is 2.25. The maximum absolute atomic E-state index is 12.7. The molecular formula is C17H16N2O3S. The lowest BCUT2D eigenvalue weighted by molar-refractivity contribution is 0.340. The van der Waals surface area contributed by atoms with Crippen LogP contribution in [0.3, 0.4) is 0 Å². The Bertz CT molecular complexity index is 934. The van der Waals surface area contributed by atoms with E-state index in [1.165, 1.54) is 0 Å². The lowest BCUT2D eigenvalue weighted by Crippen LogP contribution is -2.13. The van der Waals surface area contributed by atoms with Crippen molar-refractivity contribution in [2.75, 3.05) is 11.3 Å². The van der Waals surface area contributed by atoms with Crippen LogP contribution in [0, 0.1) is 0 Å². The van der Waals surface area contributed by atoms with Gasteiger partial charge in [0.25, 0.3) is 10.0 Å². The predicted octanol–water partition coefficient (Wildman–Crippen LogP) is 3.43. The summed E-state index contributed by atoms with van der Waals surface area (Å²) in [5.41, 5.74) is 0.455. The molecule has 0 aliphatic rings. The Morgan fingerprint density at radius 3 is 2.78 bits per heavy atom. The molecule has 0 amide bonds. The van der Waals surface area contributed by atoms with Gasteiger partial charge in [-0.05, 0) is 36.6 Å². The lowest BCUT2D eigenvalue weighted by Gasteiger charge is -2.11. The van der Waals surface area contributed by atoms with Gasteiger partial charge in [0.05, 0.1) is 17.2 Å². The number of hydrogen-bond donors (Lipinski definition) is 1. The van der Waals surface area contributed by atoms with E-state index in [0.29, 0.717) is 23.4 Å². The second kappa shape index (κ2) is 6.26. The van der Waals surface area contributed by atoms with Gasteiger partial charge in [-0.1, -0.05) is 18.2 Å². The first-order valence-electron chi connectivity index (χ1n) is 7.18. The van der Waals surface area contributed by atoms with Crippen molar-refractivity contribution in [3.63, 3.8) is 0 Å². The average molecular weight is 328 g/mol. The van der Waals surface area contributed by atoms with Crippen LogP contribution in [0.2, 0.25) is 0 Å². The smallest absolute Gasteiger partial charge is 0.262 e. The summed E-state index contributed by atoms with van der Waals surface area (Å²) >= 11 is 0. The maximum atomic E-state index is 12.7. The quantitative estimate of drug-likeness (QED) is 0.779. The Kier molecular flexibility index (Phi) is 4.16. The van der Waals surface area contributed by atoms with Crippen molar-refractivity contribution in [3.05, 3.63) is 60.9 Å². The number of nitrogens with zero attached hydrogens (tertiary/aromatic N) is 1. The van der Waals surface area contributed by atoms with Gasteiger partial charge >= 0.3 is 0 Å². The van der Waals surface area contributed by atoms with E-state index in [-0.39, 0.29) is 4.90 Å². The van der Waals surface area contributed by atoms with Crippen molar-refractivity contribution in [3.8, 4) is 5.75 Å². The Morgan fingerprint density at radius 2 is 1.96 bits per heavy atom. The van der Waals surface area contributed by atoms with Crippen molar-refractivity contribution < 1.29 is 13.2 Å². The third kappa shape index (κ3) is 3.27. The molecule has 0 aliphatic heterocycles. The van der Waals surface area contributed by atoms with Crippen LogP contribution >= 0.6 is 0 Å². The maximum Gasteiger partial charge on any atom is 0.262 e. The van der Waals surface area contributed by atoms with Crippen LogP contribution in [0.4, 0.5) is 5.69 Å². The monoisotopic (exact) mass is 328 g/mol. The molecule has 0 saturated heterocycles. The number of benzene rings is 2. The number of pyridine rings is 1. The second-order valence-electron chi connectivity index (χ2n) is 4.92. The van der Waals surface area contributed by atoms with Gasteiger partial charge in [0.1, 0.15) is 5.75 Å². The number of ether oxygens (including phenoxy) is 1. The van der Waals surface area contributed by atoms with Gasteiger partial charge in [0, 0.05) is 23.8 Å². The Morgan fingerprint density at radius 1 is 1.13 bits per heavy atom. The fourth-order valence-electron chi connectivity index (χ4n) is 2.35. The second-order valence-corrected chi connectivity index (χ2v) is 6.57. The summed E-state index contributed by atoms with van der Waals surface area (Å²) in [5, 5.41) is 1.41. The van der Waals surface area contributed by atoms with E-state index < -0.39 is 10.0 Å². The molecule has 118 valence electrons. The van der Waals surface area contributed by atoms with Crippen molar-refractivity contribution in [1.82, 2.24) is 4.98 Å². The van der Waals surface area contributed by atoms with E-state index in [1.807, 2.05) is 13.0 Å². The SMILES string of the molecule is CCOc1cccc(NS(=O)(=O)c2cccc3ccncc23)c1. The molecule has 0 fully saturated rings. The van der Waals surface area contributed by atoms with Gasteiger partial charge in [0.15, 0.2) is 0 Å². The molecule has 0 bridgehead atoms. The largest absolute Gasteiger partial charge is 0.494 e. The number of rotatable bonds is 5. The van der Waals surface area contributed by atoms with E-state index in [9.17, 15) is 8.42 Å². The topological polar surface area (TPSA) is 68.3 Å². The minimum Gasteiger partial charge on any atom is -0.494 e. The number of fused-ring (bicyclic) bond motifs is 1. The number of anilines is 1. The summed E-state index contributed by atoms with van der Waals surface area (Å²) in [6.45, 7) is 2.39. The Hall–Kier alpha value is -2.60. The van der Waals surface area contributed by atoms with Gasteiger partial charge in [-0.15, -0.1) is 0 Å². The van der Waals surface area contributed by atoms with E-state index in [2.05, 4.69) is 9.71 Å². The van der Waals surface area contributed by atoms with Crippen LogP contribution in [-0.4, -0.2) is 20.0 Å². The van der Waals surface area contributed by atoms with E-state index in [1.54, 1.807) is 54.9 Å². The molecule has 0 atom stereocenters. The lowest BCUT2D eigenvalue weighted by atomic mass is 10.2. The summed E-state index contributed by atoms with van der Waals surface area (Å²) < 4.78 is 33.4. The normalized spacial score (nSPS) is 11.3. The van der Waals surface area contributed by atoms with Crippen LogP contribution in [-0.2, 0) is 10.0 Å². The standard InChI is InChI=1S/C17H16N2O3S/c1-2-22-15-7-4-6-14(11-15)19-23(20,21)17-8-3-5-13-9-10-18-12-16(13)17/h3-12,19H,2H2,1H3. The van der Waals surface area contributed by atoms with Crippen LogP contribution < -0.4 is 9.46 Å². The third-order valence-electron chi connectivity index (χ3n) is 3.33. The molecule has 6 heteroatoms. The molecule has 0 saturated carbocycles. The van der Waals surface area contributed by atoms with Crippen molar-refractivity contribution in [2.45, 2.75) is 11.8 Å². The first-order chi connectivity index (χ1) is 11.1. The summed E-state index contributed by atoms with van der Waals surface area (Å²) in [4.78, 5) is 4.22. The van der Waals surface area contributed by atoms with E-state index in [0.717, 1.165) is 5.39 Å². The fourth-order valence-corrected chi connectivity index (χ4v) is 3.61. The number of nitrogens with one attached hydrogen (secondary N) is 1. The molecule has 1 N–H and O–H groups in total. The van der Waals surface area contributed by atoms with Gasteiger partial charge in [0.2, 0.25) is 0 Å². The zero-order valence-electron chi connectivity index (χ0n) is 12.6. The molecule has 2 aromatic carbocycles. The summed E-state index contributed by atoms with van der Waals surface area (Å²) in [5.74, 6) is 0.618. The average Bonchev–Trinajstić information content (AvgIpc) is 2.54. The van der Waals surface area contributed by atoms with Gasteiger partial charge in [-0.25, -0.2) is 8.42 Å². The number of hydrogen-bond acceptors (Lipinski definition) is 4. The highest BCUT2D eigenvalue weighted by atomic mass is 32.2. The third-order valence-corrected chi connectivity index (χ3v) is 4.77.